The third-order valence-corrected chi connectivity index (χ3v) is 11.2. The van der Waals surface area contributed by atoms with Gasteiger partial charge in [0, 0.05) is 16.6 Å². The summed E-state index contributed by atoms with van der Waals surface area (Å²) < 4.78 is 0. The van der Waals surface area contributed by atoms with E-state index < -0.39 is 5.41 Å². The monoisotopic (exact) mass is 660 g/mol. The summed E-state index contributed by atoms with van der Waals surface area (Å²) in [5, 5.41) is 3.62. The number of para-hydroxylation sites is 4. The summed E-state index contributed by atoms with van der Waals surface area (Å²) in [7, 11) is 0. The zero-order valence-corrected chi connectivity index (χ0v) is 28.4. The number of hydrogen-bond acceptors (Lipinski definition) is 2. The van der Waals surface area contributed by atoms with Gasteiger partial charge in [0.05, 0.1) is 28.0 Å². The number of fused-ring (bicyclic) bond motifs is 11. The number of benzene rings is 8. The van der Waals surface area contributed by atoms with E-state index in [4.69, 9.17) is 4.98 Å². The third kappa shape index (κ3) is 3.98. The number of aromatic nitrogens is 1. The lowest BCUT2D eigenvalue weighted by Gasteiger charge is -2.45. The molecule has 1 aliphatic carbocycles. The van der Waals surface area contributed by atoms with Crippen LogP contribution in [-0.4, -0.2) is 4.98 Å². The van der Waals surface area contributed by atoms with Crippen LogP contribution in [-0.2, 0) is 5.41 Å². The maximum Gasteiger partial charge on any atom is 0.0760 e. The lowest BCUT2D eigenvalue weighted by molar-refractivity contribution is 0.754. The van der Waals surface area contributed by atoms with Gasteiger partial charge in [0.1, 0.15) is 0 Å². The van der Waals surface area contributed by atoms with Crippen molar-refractivity contribution in [3.8, 4) is 33.5 Å². The van der Waals surface area contributed by atoms with Crippen molar-refractivity contribution < 1.29 is 0 Å². The van der Waals surface area contributed by atoms with Crippen LogP contribution in [0.5, 0.6) is 0 Å². The lowest BCUT2D eigenvalue weighted by atomic mass is 9.63. The maximum absolute atomic E-state index is 5.48. The summed E-state index contributed by atoms with van der Waals surface area (Å²) in [5.41, 5.74) is 16.1. The molecule has 0 N–H and O–H groups in total. The van der Waals surface area contributed by atoms with Crippen molar-refractivity contribution in [2.24, 2.45) is 0 Å². The van der Waals surface area contributed by atoms with Crippen molar-refractivity contribution in [2.75, 3.05) is 4.90 Å². The van der Waals surface area contributed by atoms with Gasteiger partial charge in [-0.2, -0.15) is 0 Å². The highest BCUT2D eigenvalue weighted by Gasteiger charge is 2.52. The molecular formula is C50H32N2. The van der Waals surface area contributed by atoms with E-state index in [1.54, 1.807) is 0 Å². The minimum atomic E-state index is -0.572. The van der Waals surface area contributed by atoms with Crippen molar-refractivity contribution in [3.05, 3.63) is 216 Å². The summed E-state index contributed by atoms with van der Waals surface area (Å²) >= 11 is 0. The predicted molar refractivity (Wildman–Crippen MR) is 216 cm³/mol. The Kier molecular flexibility index (Phi) is 6.20. The van der Waals surface area contributed by atoms with Gasteiger partial charge in [-0.15, -0.1) is 0 Å². The van der Waals surface area contributed by atoms with Crippen LogP contribution in [0.2, 0.25) is 0 Å². The van der Waals surface area contributed by atoms with E-state index in [1.807, 2.05) is 0 Å². The number of hydrogen-bond donors (Lipinski definition) is 0. The molecular weight excluding hydrogens is 629 g/mol. The Morgan fingerprint density at radius 1 is 0.404 bits per heavy atom. The van der Waals surface area contributed by atoms with Gasteiger partial charge in [-0.3, -0.25) is 0 Å². The molecule has 0 bridgehead atoms. The fourth-order valence-corrected chi connectivity index (χ4v) is 9.14. The van der Waals surface area contributed by atoms with E-state index in [-0.39, 0.29) is 0 Å². The normalized spacial score (nSPS) is 13.5. The Balaban J connectivity index is 1.24. The molecule has 0 amide bonds. The molecule has 1 aromatic heterocycles. The Morgan fingerprint density at radius 2 is 1.02 bits per heavy atom. The highest BCUT2D eigenvalue weighted by atomic mass is 15.2. The molecule has 2 heterocycles. The fraction of sp³-hybridized carbons (Fsp3) is 0.0200. The number of anilines is 3. The van der Waals surface area contributed by atoms with E-state index in [9.17, 15) is 0 Å². The number of pyridine rings is 1. The molecule has 0 saturated heterocycles. The molecule has 8 aromatic carbocycles. The quantitative estimate of drug-likeness (QED) is 0.187. The summed E-state index contributed by atoms with van der Waals surface area (Å²) in [6.45, 7) is 0. The molecule has 2 nitrogen and oxygen atoms in total. The van der Waals surface area contributed by atoms with Gasteiger partial charge in [0.25, 0.3) is 0 Å². The van der Waals surface area contributed by atoms with Crippen LogP contribution in [0.3, 0.4) is 0 Å². The van der Waals surface area contributed by atoms with E-state index in [0.717, 1.165) is 27.8 Å². The van der Waals surface area contributed by atoms with Crippen LogP contribution in [0.4, 0.5) is 17.1 Å². The van der Waals surface area contributed by atoms with Gasteiger partial charge >= 0.3 is 0 Å². The van der Waals surface area contributed by atoms with E-state index >= 15 is 0 Å². The Bertz CT molecular complexity index is 2820. The van der Waals surface area contributed by atoms with E-state index in [1.165, 1.54) is 66.7 Å². The molecule has 0 saturated carbocycles. The molecule has 1 spiro atoms. The van der Waals surface area contributed by atoms with Gasteiger partial charge < -0.3 is 4.90 Å². The summed E-state index contributed by atoms with van der Waals surface area (Å²) in [5.74, 6) is 0. The Morgan fingerprint density at radius 3 is 1.83 bits per heavy atom. The third-order valence-electron chi connectivity index (χ3n) is 11.2. The first kappa shape index (κ1) is 29.0. The van der Waals surface area contributed by atoms with Gasteiger partial charge in [-0.25, -0.2) is 4.98 Å². The second-order valence-corrected chi connectivity index (χ2v) is 13.9. The SMILES string of the molecule is c1ccc(N2c3ccccc3C3(c4ccccc4-c4cccc(-c5cc(-c6ccc7ccccc7c6)c6ccccc6n5)c43)c3ccccc32)cc1. The van der Waals surface area contributed by atoms with Crippen molar-refractivity contribution in [2.45, 2.75) is 5.41 Å². The van der Waals surface area contributed by atoms with Crippen LogP contribution in [0, 0.1) is 0 Å². The van der Waals surface area contributed by atoms with Crippen molar-refractivity contribution in [1.82, 2.24) is 4.98 Å². The van der Waals surface area contributed by atoms with Crippen molar-refractivity contribution in [3.63, 3.8) is 0 Å². The van der Waals surface area contributed by atoms with Gasteiger partial charge in [-0.05, 0) is 97.7 Å². The lowest BCUT2D eigenvalue weighted by Crippen LogP contribution is -2.36. The molecule has 9 aromatic rings. The standard InChI is InChI=1S/C50H32N2/c1-2-17-36(18-3-1)52-47-27-12-9-24-43(47)50(44-25-10-13-28-48(44)52)42-23-8-6-19-37(42)39-21-14-22-40(49(39)50)46-32-41(38-20-7-11-26-45(38)51-46)35-30-29-33-15-4-5-16-34(33)31-35/h1-32H. The summed E-state index contributed by atoms with van der Waals surface area (Å²) in [6.07, 6.45) is 0. The van der Waals surface area contributed by atoms with Crippen LogP contribution in [0.1, 0.15) is 22.3 Å². The molecule has 2 aliphatic rings. The number of rotatable bonds is 3. The van der Waals surface area contributed by atoms with Gasteiger partial charge in [-0.1, -0.05) is 152 Å². The highest BCUT2D eigenvalue weighted by Crippen LogP contribution is 2.64. The Labute approximate surface area is 302 Å². The van der Waals surface area contributed by atoms with Crippen LogP contribution < -0.4 is 4.90 Å². The molecule has 0 unspecified atom stereocenters. The molecule has 11 rings (SSSR count). The molecule has 2 heteroatoms. The Hall–Kier alpha value is -6.77. The van der Waals surface area contributed by atoms with E-state index in [0.29, 0.717) is 0 Å². The second kappa shape index (κ2) is 11.1. The van der Waals surface area contributed by atoms with Crippen molar-refractivity contribution >= 4 is 38.7 Å². The minimum Gasteiger partial charge on any atom is -0.310 e. The summed E-state index contributed by atoms with van der Waals surface area (Å²) in [4.78, 5) is 7.91. The molecule has 0 fully saturated rings. The predicted octanol–water partition coefficient (Wildman–Crippen LogP) is 12.9. The van der Waals surface area contributed by atoms with Crippen LogP contribution >= 0.6 is 0 Å². The van der Waals surface area contributed by atoms with Crippen LogP contribution in [0.25, 0.3) is 55.2 Å². The molecule has 0 radical (unpaired) electrons. The average Bonchev–Trinajstić information content (AvgIpc) is 3.52. The topological polar surface area (TPSA) is 16.1 Å². The van der Waals surface area contributed by atoms with E-state index in [2.05, 4.69) is 199 Å². The average molecular weight is 661 g/mol. The fourth-order valence-electron chi connectivity index (χ4n) is 9.14. The molecule has 1 aliphatic heterocycles. The zero-order chi connectivity index (χ0) is 34.2. The number of nitrogens with zero attached hydrogens (tertiary/aromatic N) is 2. The first-order valence-corrected chi connectivity index (χ1v) is 18.0. The maximum atomic E-state index is 5.48. The second-order valence-electron chi connectivity index (χ2n) is 13.9. The first-order chi connectivity index (χ1) is 25.8. The minimum absolute atomic E-state index is 0.572. The summed E-state index contributed by atoms with van der Waals surface area (Å²) in [6, 6.07) is 70.9. The van der Waals surface area contributed by atoms with Gasteiger partial charge in [0.2, 0.25) is 0 Å². The first-order valence-electron chi connectivity index (χ1n) is 18.0. The molecule has 242 valence electrons. The van der Waals surface area contributed by atoms with Gasteiger partial charge in [0.15, 0.2) is 0 Å². The largest absolute Gasteiger partial charge is 0.310 e. The van der Waals surface area contributed by atoms with Crippen LogP contribution in [0.15, 0.2) is 194 Å². The van der Waals surface area contributed by atoms with Crippen molar-refractivity contribution in [1.29, 1.82) is 0 Å². The smallest absolute Gasteiger partial charge is 0.0760 e. The molecule has 0 atom stereocenters. The molecule has 52 heavy (non-hydrogen) atoms. The zero-order valence-electron chi connectivity index (χ0n) is 28.4. The highest BCUT2D eigenvalue weighted by molar-refractivity contribution is 6.02.